The molecule has 1 spiro atoms. The van der Waals surface area contributed by atoms with Crippen LogP contribution in [0.1, 0.15) is 66.9 Å². The second kappa shape index (κ2) is 9.07. The summed E-state index contributed by atoms with van der Waals surface area (Å²) >= 11 is 0. The van der Waals surface area contributed by atoms with Crippen LogP contribution in [0.5, 0.6) is 5.75 Å². The summed E-state index contributed by atoms with van der Waals surface area (Å²) in [4.78, 5) is 40.6. The van der Waals surface area contributed by atoms with E-state index in [1.165, 1.54) is 12.3 Å². The Labute approximate surface area is 201 Å². The molecule has 35 heavy (non-hydrogen) atoms. The van der Waals surface area contributed by atoms with Crippen molar-refractivity contribution in [3.8, 4) is 5.75 Å². The molecule has 0 bridgehead atoms. The number of aromatic nitrogens is 1. The highest BCUT2D eigenvalue weighted by Gasteiger charge is 2.53. The van der Waals surface area contributed by atoms with Gasteiger partial charge >= 0.3 is 0 Å². The molecule has 2 N–H and O–H groups in total. The van der Waals surface area contributed by atoms with Gasteiger partial charge in [-0.15, -0.1) is 0 Å². The Hall–Kier alpha value is -3.27. The highest BCUT2D eigenvalue weighted by atomic mass is 19.1. The summed E-state index contributed by atoms with van der Waals surface area (Å²) in [6.45, 7) is 7.62. The number of hydrogen-bond acceptors (Lipinski definition) is 5. The Kier molecular flexibility index (Phi) is 6.44. The molecule has 0 radical (unpaired) electrons. The second-order valence-corrected chi connectivity index (χ2v) is 9.82. The molecular weight excluding hydrogens is 460 g/mol. The maximum atomic E-state index is 13.9. The molecule has 1 aliphatic carbocycles. The van der Waals surface area contributed by atoms with Crippen LogP contribution in [0.15, 0.2) is 29.2 Å². The highest BCUT2D eigenvalue weighted by molar-refractivity contribution is 5.99. The first-order valence-electron chi connectivity index (χ1n) is 11.6. The van der Waals surface area contributed by atoms with Gasteiger partial charge in [0.15, 0.2) is 11.4 Å². The number of ether oxygens (including phenoxy) is 1. The molecule has 1 aromatic carbocycles. The minimum atomic E-state index is -0.989. The summed E-state index contributed by atoms with van der Waals surface area (Å²) < 4.78 is 34.5. The number of carbonyl (C=O) groups is 2. The normalized spacial score (nSPS) is 21.4. The Morgan fingerprint density at radius 2 is 1.91 bits per heavy atom. The number of halogens is 2. The van der Waals surface area contributed by atoms with Gasteiger partial charge in [-0.25, -0.2) is 8.78 Å². The number of pyridine rings is 1. The number of hydrogen-bond donors (Lipinski definition) is 2. The van der Waals surface area contributed by atoms with Crippen molar-refractivity contribution in [1.29, 1.82) is 0 Å². The van der Waals surface area contributed by atoms with Crippen LogP contribution in [-0.2, 0) is 16.8 Å². The zero-order valence-electron chi connectivity index (χ0n) is 20.1. The number of amides is 2. The maximum absolute atomic E-state index is 13.9. The lowest BCUT2D eigenvalue weighted by atomic mass is 9.71. The van der Waals surface area contributed by atoms with E-state index < -0.39 is 40.2 Å². The molecular formula is C25H29F2N3O5. The number of rotatable bonds is 6. The van der Waals surface area contributed by atoms with E-state index >= 15 is 0 Å². The molecule has 1 fully saturated rings. The van der Waals surface area contributed by atoms with E-state index in [0.717, 1.165) is 6.07 Å². The van der Waals surface area contributed by atoms with Gasteiger partial charge in [0, 0.05) is 37.0 Å². The predicted molar refractivity (Wildman–Crippen MR) is 123 cm³/mol. The fourth-order valence-corrected chi connectivity index (χ4v) is 4.89. The van der Waals surface area contributed by atoms with Crippen molar-refractivity contribution in [3.05, 3.63) is 63.1 Å². The third-order valence-electron chi connectivity index (χ3n) is 6.62. The summed E-state index contributed by atoms with van der Waals surface area (Å²) in [6.07, 6.45) is 2.33. The molecule has 2 heterocycles. The van der Waals surface area contributed by atoms with E-state index in [0.29, 0.717) is 25.5 Å². The Morgan fingerprint density at radius 1 is 1.23 bits per heavy atom. The lowest BCUT2D eigenvalue weighted by Crippen LogP contribution is -2.63. The molecule has 10 heteroatoms. The molecule has 1 aromatic heterocycles. The van der Waals surface area contributed by atoms with Gasteiger partial charge in [0.05, 0.1) is 17.7 Å². The van der Waals surface area contributed by atoms with Gasteiger partial charge in [0.25, 0.3) is 11.8 Å². The summed E-state index contributed by atoms with van der Waals surface area (Å²) in [5.41, 5.74) is -2.12. The van der Waals surface area contributed by atoms with Crippen molar-refractivity contribution in [3.63, 3.8) is 0 Å². The fraction of sp³-hybridized carbons (Fsp3) is 0.480. The summed E-state index contributed by atoms with van der Waals surface area (Å²) in [7, 11) is 0. The van der Waals surface area contributed by atoms with Gasteiger partial charge in [0.1, 0.15) is 17.2 Å². The molecule has 188 valence electrons. The standard InChI is InChI=1S/C25H29F2N3O5/c1-13(2)29-12-25(8-17(9-25)35-14(3)4)30-11-18(21(31)22(32)20(30)24(29)34)23(33)28-10-15-5-6-16(26)7-19(15)27/h5-7,11,13-14,17,32H,8-10,12H2,1-4H3,(H,28,33)/t17-,25-. The number of carbonyl (C=O) groups excluding carboxylic acids is 2. The Morgan fingerprint density at radius 3 is 2.51 bits per heavy atom. The molecule has 2 aromatic rings. The van der Waals surface area contributed by atoms with Crippen LogP contribution >= 0.6 is 0 Å². The monoisotopic (exact) mass is 489 g/mol. The van der Waals surface area contributed by atoms with Gasteiger partial charge in [-0.3, -0.25) is 14.4 Å². The predicted octanol–water partition coefficient (Wildman–Crippen LogP) is 2.91. The van der Waals surface area contributed by atoms with Crippen LogP contribution in [0.2, 0.25) is 0 Å². The maximum Gasteiger partial charge on any atom is 0.274 e. The zero-order valence-corrected chi connectivity index (χ0v) is 20.1. The number of benzene rings is 1. The van der Waals surface area contributed by atoms with Crippen molar-refractivity contribution in [2.24, 2.45) is 0 Å². The average Bonchev–Trinajstić information content (AvgIpc) is 2.75. The second-order valence-electron chi connectivity index (χ2n) is 9.82. The summed E-state index contributed by atoms with van der Waals surface area (Å²) in [5, 5.41) is 13.2. The van der Waals surface area contributed by atoms with E-state index in [1.807, 2.05) is 27.7 Å². The van der Waals surface area contributed by atoms with Crippen molar-refractivity contribution in [2.75, 3.05) is 6.54 Å². The third-order valence-corrected chi connectivity index (χ3v) is 6.62. The number of fused-ring (bicyclic) bond motifs is 2. The van der Waals surface area contributed by atoms with Crippen LogP contribution in [0, 0.1) is 11.6 Å². The molecule has 2 amide bonds. The summed E-state index contributed by atoms with van der Waals surface area (Å²) in [5.74, 6) is -3.71. The average molecular weight is 490 g/mol. The molecule has 2 aliphatic rings. The fourth-order valence-electron chi connectivity index (χ4n) is 4.89. The minimum absolute atomic E-state index is 0.0128. The van der Waals surface area contributed by atoms with Crippen LogP contribution in [-0.4, -0.2) is 51.2 Å². The van der Waals surface area contributed by atoms with Crippen LogP contribution in [0.4, 0.5) is 8.78 Å². The first-order chi connectivity index (χ1) is 16.4. The van der Waals surface area contributed by atoms with Gasteiger partial charge in [-0.05, 0) is 46.6 Å². The van der Waals surface area contributed by atoms with Gasteiger partial charge < -0.3 is 24.6 Å². The minimum Gasteiger partial charge on any atom is -0.503 e. The molecule has 1 aliphatic heterocycles. The van der Waals surface area contributed by atoms with Crippen LogP contribution < -0.4 is 10.7 Å². The number of nitrogens with one attached hydrogen (secondary N) is 1. The first kappa shape index (κ1) is 24.8. The van der Waals surface area contributed by atoms with Crippen molar-refractivity contribution >= 4 is 11.8 Å². The van der Waals surface area contributed by atoms with Crippen molar-refractivity contribution in [1.82, 2.24) is 14.8 Å². The zero-order chi connectivity index (χ0) is 25.7. The van der Waals surface area contributed by atoms with E-state index in [2.05, 4.69) is 5.32 Å². The van der Waals surface area contributed by atoms with Crippen LogP contribution in [0.25, 0.3) is 0 Å². The van der Waals surface area contributed by atoms with Gasteiger partial charge in [-0.2, -0.15) is 0 Å². The van der Waals surface area contributed by atoms with Crippen LogP contribution in [0.3, 0.4) is 0 Å². The smallest absolute Gasteiger partial charge is 0.274 e. The van der Waals surface area contributed by atoms with E-state index in [4.69, 9.17) is 4.74 Å². The number of aromatic hydroxyl groups is 1. The van der Waals surface area contributed by atoms with Crippen molar-refractivity contribution < 1.29 is 28.2 Å². The molecule has 0 unspecified atom stereocenters. The topological polar surface area (TPSA) is 101 Å². The SMILES string of the molecule is CC(C)O[C@H]1C[C@@]2(CN(C(C)C)C(=O)c3c(O)c(=O)c(C(=O)NCc4ccc(F)cc4F)cn32)C1. The largest absolute Gasteiger partial charge is 0.503 e. The van der Waals surface area contributed by atoms with Gasteiger partial charge in [-0.1, -0.05) is 6.07 Å². The first-order valence-corrected chi connectivity index (χ1v) is 11.6. The highest BCUT2D eigenvalue weighted by Crippen LogP contribution is 2.46. The molecule has 0 saturated heterocycles. The third kappa shape index (κ3) is 4.42. The molecule has 8 nitrogen and oxygen atoms in total. The molecule has 4 rings (SSSR count). The van der Waals surface area contributed by atoms with E-state index in [9.17, 15) is 28.3 Å². The Bertz CT molecular complexity index is 1230. The molecule has 1 saturated carbocycles. The molecule has 0 atom stereocenters. The van der Waals surface area contributed by atoms with E-state index in [-0.39, 0.29) is 41.6 Å². The van der Waals surface area contributed by atoms with Gasteiger partial charge in [0.2, 0.25) is 5.43 Å². The number of nitrogens with zero attached hydrogens (tertiary/aromatic N) is 2. The lowest BCUT2D eigenvalue weighted by molar-refractivity contribution is -0.110. The Balaban J connectivity index is 1.70. The summed E-state index contributed by atoms with van der Waals surface area (Å²) in [6, 6.07) is 2.79. The van der Waals surface area contributed by atoms with E-state index in [1.54, 1.807) is 9.47 Å². The quantitative estimate of drug-likeness (QED) is 0.650. The lowest BCUT2D eigenvalue weighted by Gasteiger charge is -2.55. The van der Waals surface area contributed by atoms with Crippen molar-refractivity contribution in [2.45, 2.75) is 70.9 Å².